The van der Waals surface area contributed by atoms with Crippen molar-refractivity contribution in [3.05, 3.63) is 45.8 Å². The molecular formula is C29H35ClF4N8O2S. The van der Waals surface area contributed by atoms with Gasteiger partial charge in [-0.05, 0) is 38.8 Å². The van der Waals surface area contributed by atoms with E-state index in [9.17, 15) is 18.0 Å². The number of piperazine rings is 1. The molecule has 0 aliphatic carbocycles. The minimum absolute atomic E-state index is 0.102. The van der Waals surface area contributed by atoms with E-state index in [2.05, 4.69) is 37.0 Å². The Morgan fingerprint density at radius 3 is 2.62 bits per heavy atom. The Hall–Kier alpha value is -3.11. The fraction of sp³-hybridized carbons (Fsp3) is 0.517. The summed E-state index contributed by atoms with van der Waals surface area (Å²) in [7, 11) is 0. The summed E-state index contributed by atoms with van der Waals surface area (Å²) in [6, 6.07) is 3.85. The molecule has 2 aliphatic heterocycles. The summed E-state index contributed by atoms with van der Waals surface area (Å²) in [6.07, 6.45) is -1.61. The number of rotatable bonds is 10. The van der Waals surface area contributed by atoms with E-state index in [1.807, 2.05) is 4.90 Å². The molecule has 0 saturated carbocycles. The Bertz CT molecular complexity index is 1490. The lowest BCUT2D eigenvalue weighted by Crippen LogP contribution is -2.47. The number of nitrogens with zero attached hydrogens (tertiary/aromatic N) is 6. The highest BCUT2D eigenvalue weighted by Crippen LogP contribution is 2.41. The van der Waals surface area contributed by atoms with Gasteiger partial charge < -0.3 is 20.7 Å². The number of carbonyl (C=O) groups excluding carboxylic acids is 1. The number of hydrogen-bond acceptors (Lipinski definition) is 11. The average Bonchev–Trinajstić information content (AvgIpc) is 3.55. The van der Waals surface area contributed by atoms with Crippen LogP contribution in [0.4, 0.5) is 34.3 Å². The molecule has 5 rings (SSSR count). The van der Waals surface area contributed by atoms with Crippen LogP contribution in [0.2, 0.25) is 5.02 Å². The van der Waals surface area contributed by atoms with Gasteiger partial charge in [0.15, 0.2) is 16.8 Å². The number of aromatic nitrogens is 3. The molecule has 2 aliphatic rings. The molecule has 0 unspecified atom stereocenters. The van der Waals surface area contributed by atoms with E-state index >= 15 is 4.39 Å². The molecule has 3 aromatic rings. The van der Waals surface area contributed by atoms with E-state index in [0.29, 0.717) is 56.4 Å². The highest BCUT2D eigenvalue weighted by atomic mass is 35.5. The minimum atomic E-state index is -4.65. The van der Waals surface area contributed by atoms with Crippen molar-refractivity contribution in [1.29, 1.82) is 0 Å². The zero-order chi connectivity index (χ0) is 32.3. The summed E-state index contributed by atoms with van der Waals surface area (Å²) < 4.78 is 61.9. The van der Waals surface area contributed by atoms with E-state index in [1.165, 1.54) is 29.8 Å². The van der Waals surface area contributed by atoms with E-state index in [1.54, 1.807) is 6.92 Å². The van der Waals surface area contributed by atoms with Gasteiger partial charge in [-0.15, -0.1) is 0 Å². The minimum Gasteiger partial charge on any atom is -0.466 e. The van der Waals surface area contributed by atoms with E-state index < -0.39 is 22.6 Å². The van der Waals surface area contributed by atoms with Crippen LogP contribution in [-0.4, -0.2) is 82.3 Å². The first-order valence-electron chi connectivity index (χ1n) is 14.7. The number of carbonyl (C=O) groups is 1. The van der Waals surface area contributed by atoms with Gasteiger partial charge in [0.1, 0.15) is 6.33 Å². The largest absolute Gasteiger partial charge is 0.466 e. The fourth-order valence-corrected chi connectivity index (χ4v) is 6.79. The van der Waals surface area contributed by atoms with Crippen molar-refractivity contribution in [2.75, 3.05) is 49.5 Å². The molecule has 10 nitrogen and oxygen atoms in total. The van der Waals surface area contributed by atoms with Crippen molar-refractivity contribution >= 4 is 45.7 Å². The van der Waals surface area contributed by atoms with Gasteiger partial charge in [-0.1, -0.05) is 29.0 Å². The molecule has 0 spiro atoms. The van der Waals surface area contributed by atoms with Crippen molar-refractivity contribution in [2.24, 2.45) is 5.73 Å². The topological polar surface area (TPSA) is 113 Å². The smallest absolute Gasteiger partial charge is 0.417 e. The highest BCUT2D eigenvalue weighted by Gasteiger charge is 2.35. The zero-order valence-corrected chi connectivity index (χ0v) is 26.5. The quantitative estimate of drug-likeness (QED) is 0.212. The number of halogens is 5. The Morgan fingerprint density at radius 2 is 1.96 bits per heavy atom. The third-order valence-corrected chi connectivity index (χ3v) is 9.33. The second-order valence-corrected chi connectivity index (χ2v) is 12.5. The van der Waals surface area contributed by atoms with Crippen LogP contribution in [0.5, 0.6) is 0 Å². The number of benzene rings is 1. The molecule has 2 fully saturated rings. The molecule has 0 bridgehead atoms. The normalized spacial score (nSPS) is 19.7. The molecule has 0 radical (unpaired) electrons. The molecule has 4 heterocycles. The molecule has 45 heavy (non-hydrogen) atoms. The van der Waals surface area contributed by atoms with E-state index in [4.69, 9.17) is 22.1 Å². The summed E-state index contributed by atoms with van der Waals surface area (Å²) in [5.74, 6) is -0.897. The van der Waals surface area contributed by atoms with Gasteiger partial charge in [-0.25, -0.2) is 15.0 Å². The second kappa shape index (κ2) is 14.1. The van der Waals surface area contributed by atoms with Crippen molar-refractivity contribution in [3.8, 4) is 11.3 Å². The molecule has 1 aromatic carbocycles. The third-order valence-electron chi connectivity index (χ3n) is 8.05. The van der Waals surface area contributed by atoms with Crippen LogP contribution in [0.1, 0.15) is 43.6 Å². The molecule has 16 heteroatoms. The van der Waals surface area contributed by atoms with Gasteiger partial charge in [0.05, 0.1) is 35.5 Å². The average molecular weight is 671 g/mol. The fourth-order valence-electron chi connectivity index (χ4n) is 5.57. The number of nitrogens with two attached hydrogens (primary N) is 1. The molecule has 3 N–H and O–H groups in total. The first-order valence-corrected chi connectivity index (χ1v) is 15.9. The van der Waals surface area contributed by atoms with Crippen LogP contribution in [0, 0.1) is 5.82 Å². The van der Waals surface area contributed by atoms with Gasteiger partial charge in [-0.3, -0.25) is 14.6 Å². The summed E-state index contributed by atoms with van der Waals surface area (Å²) in [4.78, 5) is 31.2. The Labute approximate surface area is 267 Å². The summed E-state index contributed by atoms with van der Waals surface area (Å²) in [5, 5.41) is 2.78. The monoisotopic (exact) mass is 670 g/mol. The Balaban J connectivity index is 1.37. The summed E-state index contributed by atoms with van der Waals surface area (Å²) in [5.41, 5.74) is 5.92. The maximum atomic E-state index is 15.8. The van der Waals surface area contributed by atoms with Crippen LogP contribution in [-0.2, 0) is 22.3 Å². The van der Waals surface area contributed by atoms with Crippen molar-refractivity contribution in [3.63, 3.8) is 0 Å². The SMILES string of the molecule is CCOC(=O)CCN1CCN(c2ncnc(Nc3nc(-c4ccc(Cl)c(C(F)(F)F)c4)c(CN4[C@H](C)CC[C@H]4N)s3)c2F)CC1. The van der Waals surface area contributed by atoms with Crippen molar-refractivity contribution in [1.82, 2.24) is 24.8 Å². The number of hydrogen-bond donors (Lipinski definition) is 2. The lowest BCUT2D eigenvalue weighted by molar-refractivity contribution is -0.143. The second-order valence-electron chi connectivity index (χ2n) is 11.0. The van der Waals surface area contributed by atoms with Gasteiger partial charge in [0.2, 0.25) is 5.82 Å². The molecule has 244 valence electrons. The zero-order valence-electron chi connectivity index (χ0n) is 24.9. The van der Waals surface area contributed by atoms with Gasteiger partial charge in [-0.2, -0.15) is 17.6 Å². The van der Waals surface area contributed by atoms with Crippen LogP contribution >= 0.6 is 22.9 Å². The molecule has 2 atom stereocenters. The predicted molar refractivity (Wildman–Crippen MR) is 165 cm³/mol. The van der Waals surface area contributed by atoms with Crippen LogP contribution in [0.3, 0.4) is 0 Å². The number of esters is 1. The number of alkyl halides is 3. The molecular weight excluding hydrogens is 636 g/mol. The Morgan fingerprint density at radius 1 is 1.20 bits per heavy atom. The summed E-state index contributed by atoms with van der Waals surface area (Å²) >= 11 is 7.08. The number of ether oxygens (including phenoxy) is 1. The number of nitrogens with one attached hydrogen (secondary N) is 1. The van der Waals surface area contributed by atoms with Gasteiger partial charge in [0, 0.05) is 55.8 Å². The lowest BCUT2D eigenvalue weighted by atomic mass is 10.1. The number of likely N-dealkylation sites (tertiary alicyclic amines) is 1. The lowest BCUT2D eigenvalue weighted by Gasteiger charge is -2.35. The maximum absolute atomic E-state index is 15.8. The van der Waals surface area contributed by atoms with Gasteiger partial charge >= 0.3 is 12.1 Å². The highest BCUT2D eigenvalue weighted by molar-refractivity contribution is 7.16. The molecule has 2 saturated heterocycles. The van der Waals surface area contributed by atoms with Crippen LogP contribution in [0.25, 0.3) is 11.3 Å². The number of thiazole rings is 1. The van der Waals surface area contributed by atoms with Crippen molar-refractivity contribution < 1.29 is 27.1 Å². The van der Waals surface area contributed by atoms with E-state index in [0.717, 1.165) is 18.9 Å². The van der Waals surface area contributed by atoms with E-state index in [-0.39, 0.29) is 46.9 Å². The van der Waals surface area contributed by atoms with Crippen molar-refractivity contribution in [2.45, 2.75) is 58.0 Å². The first-order chi connectivity index (χ1) is 21.4. The molecule has 0 amide bonds. The summed E-state index contributed by atoms with van der Waals surface area (Å²) in [6.45, 7) is 7.28. The van der Waals surface area contributed by atoms with Crippen LogP contribution in [0.15, 0.2) is 24.5 Å². The predicted octanol–water partition coefficient (Wildman–Crippen LogP) is 5.50. The standard InChI is InChI=1S/C29H35ClF4N8O2S/c1-3-44-23(43)8-9-40-10-12-41(13-11-40)27-24(31)26(36-16-37-27)39-28-38-25(18-5-6-20(30)19(14-18)29(32,33)34)21(45-28)15-42-17(2)4-7-22(42)35/h5-6,14,16-17,22H,3-4,7-13,15,35H2,1-2H3,(H,36,37,38,39)/t17-,22+/m1/s1. The first kappa shape index (κ1) is 33.3. The van der Waals surface area contributed by atoms with Crippen LogP contribution < -0.4 is 16.0 Å². The van der Waals surface area contributed by atoms with Gasteiger partial charge in [0.25, 0.3) is 0 Å². The number of anilines is 3. The third kappa shape index (κ3) is 7.83. The maximum Gasteiger partial charge on any atom is 0.417 e. The molecule has 2 aromatic heterocycles. The Kier molecular flexibility index (Phi) is 10.4.